The summed E-state index contributed by atoms with van der Waals surface area (Å²) < 4.78 is 21.7. The molecule has 27 heavy (non-hydrogen) atoms. The third kappa shape index (κ3) is 5.53. The lowest BCUT2D eigenvalue weighted by Crippen LogP contribution is -2.32. The van der Waals surface area contributed by atoms with Crippen LogP contribution in [0.15, 0.2) is 40.9 Å². The van der Waals surface area contributed by atoms with Gasteiger partial charge in [-0.25, -0.2) is 4.79 Å². The van der Waals surface area contributed by atoms with Crippen LogP contribution in [0.5, 0.6) is 17.2 Å². The highest BCUT2D eigenvalue weighted by molar-refractivity contribution is 9.10. The average molecular weight is 438 g/mol. The number of hydrogen-bond donors (Lipinski definition) is 0. The summed E-state index contributed by atoms with van der Waals surface area (Å²) in [5.74, 6) is 2.07. The van der Waals surface area contributed by atoms with Crippen LogP contribution in [-0.2, 0) is 17.7 Å². The van der Waals surface area contributed by atoms with Crippen molar-refractivity contribution in [1.29, 1.82) is 0 Å². The van der Waals surface area contributed by atoms with E-state index >= 15 is 0 Å². The van der Waals surface area contributed by atoms with Crippen LogP contribution in [0.1, 0.15) is 11.1 Å². The maximum atomic E-state index is 12.2. The smallest absolute Gasteiger partial charge is 0.409 e. The van der Waals surface area contributed by atoms with Gasteiger partial charge in [-0.15, -0.1) is 0 Å². The molecular weight excluding hydrogens is 414 g/mol. The molecular formula is C20H24BrNO5. The average Bonchev–Trinajstić information content (AvgIpc) is 2.71. The summed E-state index contributed by atoms with van der Waals surface area (Å²) in [5, 5.41) is 0. The molecule has 0 aliphatic heterocycles. The predicted octanol–water partition coefficient (Wildman–Crippen LogP) is 4.29. The van der Waals surface area contributed by atoms with Crippen molar-refractivity contribution >= 4 is 22.0 Å². The van der Waals surface area contributed by atoms with Crippen LogP contribution >= 0.6 is 15.9 Å². The first-order valence-corrected chi connectivity index (χ1v) is 9.17. The van der Waals surface area contributed by atoms with Gasteiger partial charge in [0.15, 0.2) is 11.5 Å². The van der Waals surface area contributed by atoms with E-state index in [2.05, 4.69) is 15.9 Å². The van der Waals surface area contributed by atoms with Gasteiger partial charge in [0.25, 0.3) is 0 Å². The quantitative estimate of drug-likeness (QED) is 0.616. The number of carbonyl (C=O) groups is 1. The van der Waals surface area contributed by atoms with Gasteiger partial charge < -0.3 is 23.8 Å². The lowest BCUT2D eigenvalue weighted by molar-refractivity contribution is 0.121. The highest BCUT2D eigenvalue weighted by atomic mass is 79.9. The first kappa shape index (κ1) is 20.9. The first-order chi connectivity index (χ1) is 13.0. The second kappa shape index (κ2) is 10.1. The summed E-state index contributed by atoms with van der Waals surface area (Å²) in [4.78, 5) is 13.8. The number of rotatable bonds is 8. The minimum atomic E-state index is -0.373. The Morgan fingerprint density at radius 2 is 1.59 bits per heavy atom. The van der Waals surface area contributed by atoms with Crippen molar-refractivity contribution in [3.63, 3.8) is 0 Å². The van der Waals surface area contributed by atoms with Crippen molar-refractivity contribution in [3.05, 3.63) is 52.0 Å². The number of carbonyl (C=O) groups excluding carboxylic acids is 1. The second-order valence-electron chi connectivity index (χ2n) is 5.79. The Kier molecular flexibility index (Phi) is 7.79. The molecule has 0 atom stereocenters. The molecule has 0 fully saturated rings. The second-order valence-corrected chi connectivity index (χ2v) is 6.64. The van der Waals surface area contributed by atoms with E-state index in [1.54, 1.807) is 26.2 Å². The Morgan fingerprint density at radius 1 is 0.963 bits per heavy atom. The SMILES string of the molecule is COC(=O)N(CCc1cc(OC)c(OC)cc1Br)Cc1ccc(OC)cc1. The monoisotopic (exact) mass is 437 g/mol. The zero-order valence-electron chi connectivity index (χ0n) is 16.0. The molecule has 0 heterocycles. The largest absolute Gasteiger partial charge is 0.497 e. The fraction of sp³-hybridized carbons (Fsp3) is 0.350. The minimum absolute atomic E-state index is 0.373. The summed E-state index contributed by atoms with van der Waals surface area (Å²) in [6.45, 7) is 0.939. The number of amides is 1. The number of hydrogen-bond acceptors (Lipinski definition) is 5. The van der Waals surface area contributed by atoms with Gasteiger partial charge in [-0.2, -0.15) is 0 Å². The van der Waals surface area contributed by atoms with Crippen molar-refractivity contribution < 1.29 is 23.7 Å². The molecule has 1 amide bonds. The molecule has 6 nitrogen and oxygen atoms in total. The van der Waals surface area contributed by atoms with E-state index in [0.717, 1.165) is 21.3 Å². The molecule has 0 bridgehead atoms. The minimum Gasteiger partial charge on any atom is -0.497 e. The lowest BCUT2D eigenvalue weighted by Gasteiger charge is -2.22. The standard InChI is InChI=1S/C20H24BrNO5/c1-24-16-7-5-14(6-8-16)13-22(20(23)27-4)10-9-15-11-18(25-2)19(26-3)12-17(15)21/h5-8,11-12H,9-10,13H2,1-4H3. The molecule has 0 unspecified atom stereocenters. The lowest BCUT2D eigenvalue weighted by atomic mass is 10.1. The summed E-state index contributed by atoms with van der Waals surface area (Å²) in [6.07, 6.45) is 0.258. The van der Waals surface area contributed by atoms with Crippen molar-refractivity contribution in [2.45, 2.75) is 13.0 Å². The fourth-order valence-corrected chi connectivity index (χ4v) is 3.18. The zero-order chi connectivity index (χ0) is 19.8. The van der Waals surface area contributed by atoms with Gasteiger partial charge in [0, 0.05) is 17.6 Å². The molecule has 2 aromatic carbocycles. The number of halogens is 1. The molecule has 2 rings (SSSR count). The highest BCUT2D eigenvalue weighted by Gasteiger charge is 2.16. The van der Waals surface area contributed by atoms with Crippen LogP contribution < -0.4 is 14.2 Å². The van der Waals surface area contributed by atoms with Crippen LogP contribution in [0, 0.1) is 0 Å². The summed E-state index contributed by atoms with van der Waals surface area (Å²) in [5.41, 5.74) is 2.00. The summed E-state index contributed by atoms with van der Waals surface area (Å²) in [7, 11) is 6.20. The molecule has 0 aliphatic carbocycles. The Labute approximate surface area is 168 Å². The number of benzene rings is 2. The van der Waals surface area contributed by atoms with Crippen molar-refractivity contribution in [3.8, 4) is 17.2 Å². The van der Waals surface area contributed by atoms with Crippen LogP contribution in [0.4, 0.5) is 4.79 Å². The van der Waals surface area contributed by atoms with E-state index in [0.29, 0.717) is 31.0 Å². The Morgan fingerprint density at radius 3 is 2.15 bits per heavy atom. The maximum Gasteiger partial charge on any atom is 0.409 e. The normalized spacial score (nSPS) is 10.3. The van der Waals surface area contributed by atoms with Gasteiger partial charge in [-0.3, -0.25) is 0 Å². The molecule has 0 aromatic heterocycles. The Bertz CT molecular complexity index is 764. The third-order valence-corrected chi connectivity index (χ3v) is 4.91. The van der Waals surface area contributed by atoms with E-state index < -0.39 is 0 Å². The van der Waals surface area contributed by atoms with Crippen LogP contribution in [0.2, 0.25) is 0 Å². The van der Waals surface area contributed by atoms with Gasteiger partial charge in [-0.05, 0) is 41.8 Å². The number of ether oxygens (including phenoxy) is 4. The maximum absolute atomic E-state index is 12.2. The highest BCUT2D eigenvalue weighted by Crippen LogP contribution is 2.33. The first-order valence-electron chi connectivity index (χ1n) is 8.38. The van der Waals surface area contributed by atoms with Crippen molar-refractivity contribution in [2.75, 3.05) is 35.0 Å². The van der Waals surface area contributed by atoms with E-state index in [-0.39, 0.29) is 6.09 Å². The molecule has 2 aromatic rings. The Hall–Kier alpha value is -2.41. The van der Waals surface area contributed by atoms with E-state index in [9.17, 15) is 4.79 Å². The molecule has 0 aliphatic rings. The van der Waals surface area contributed by atoms with Gasteiger partial charge in [-0.1, -0.05) is 28.1 Å². The van der Waals surface area contributed by atoms with Gasteiger partial charge in [0.05, 0.1) is 28.4 Å². The van der Waals surface area contributed by atoms with Gasteiger partial charge in [0.2, 0.25) is 0 Å². The molecule has 0 spiro atoms. The van der Waals surface area contributed by atoms with Gasteiger partial charge in [0.1, 0.15) is 5.75 Å². The molecule has 0 radical (unpaired) electrons. The zero-order valence-corrected chi connectivity index (χ0v) is 17.5. The van der Waals surface area contributed by atoms with Crippen molar-refractivity contribution in [1.82, 2.24) is 4.90 Å². The summed E-state index contributed by atoms with van der Waals surface area (Å²) in [6, 6.07) is 11.4. The molecule has 146 valence electrons. The molecule has 0 saturated carbocycles. The Balaban J connectivity index is 2.13. The van der Waals surface area contributed by atoms with Gasteiger partial charge >= 0.3 is 6.09 Å². The van der Waals surface area contributed by atoms with Crippen LogP contribution in [0.25, 0.3) is 0 Å². The summed E-state index contributed by atoms with van der Waals surface area (Å²) >= 11 is 3.55. The van der Waals surface area contributed by atoms with Crippen LogP contribution in [-0.4, -0.2) is 46.0 Å². The predicted molar refractivity (Wildman–Crippen MR) is 107 cm³/mol. The molecule has 0 N–H and O–H groups in total. The molecule has 7 heteroatoms. The van der Waals surface area contributed by atoms with E-state index in [1.807, 2.05) is 36.4 Å². The third-order valence-electron chi connectivity index (χ3n) is 4.17. The van der Waals surface area contributed by atoms with Crippen molar-refractivity contribution in [2.24, 2.45) is 0 Å². The number of nitrogens with zero attached hydrogens (tertiary/aromatic N) is 1. The van der Waals surface area contributed by atoms with E-state index in [1.165, 1.54) is 7.11 Å². The molecule has 0 saturated heterocycles. The fourth-order valence-electron chi connectivity index (χ4n) is 2.66. The number of methoxy groups -OCH3 is 4. The van der Waals surface area contributed by atoms with Crippen LogP contribution in [0.3, 0.4) is 0 Å². The van der Waals surface area contributed by atoms with E-state index in [4.69, 9.17) is 18.9 Å². The topological polar surface area (TPSA) is 57.2 Å².